The van der Waals surface area contributed by atoms with Gasteiger partial charge in [-0.2, -0.15) is 0 Å². The second kappa shape index (κ2) is 4.72. The molecule has 0 aromatic rings. The van der Waals surface area contributed by atoms with E-state index < -0.39 is 0 Å². The second-order valence-corrected chi connectivity index (χ2v) is 6.31. The number of carbonyl (C=O) groups excluding carboxylic acids is 1. The molecule has 1 heterocycles. The molecule has 0 radical (unpaired) electrons. The second-order valence-electron chi connectivity index (χ2n) is 6.31. The summed E-state index contributed by atoms with van der Waals surface area (Å²) < 4.78 is 6.12. The monoisotopic (exact) mass is 236 g/mol. The van der Waals surface area contributed by atoms with Crippen LogP contribution in [0, 0.1) is 11.8 Å². The molecular weight excluding hydrogens is 212 g/mol. The Kier molecular flexibility index (Phi) is 3.25. The maximum atomic E-state index is 11.9. The Morgan fingerprint density at radius 3 is 2.59 bits per heavy atom. The molecule has 17 heavy (non-hydrogen) atoms. The Balaban J connectivity index is 1.68. The van der Waals surface area contributed by atoms with Gasteiger partial charge in [0.15, 0.2) is 0 Å². The van der Waals surface area contributed by atoms with Gasteiger partial charge in [-0.25, -0.2) is 0 Å². The predicted octanol–water partition coefficient (Wildman–Crippen LogP) is 3.49. The molecule has 0 bridgehead atoms. The average Bonchev–Trinajstić information content (AvgIpc) is 2.77. The summed E-state index contributed by atoms with van der Waals surface area (Å²) in [6, 6.07) is 0. The number of ketones is 1. The quantitative estimate of drug-likeness (QED) is 0.696. The minimum absolute atomic E-state index is 0.171. The van der Waals surface area contributed by atoms with Crippen molar-refractivity contribution in [2.75, 3.05) is 6.61 Å². The zero-order valence-corrected chi connectivity index (χ0v) is 10.7. The van der Waals surface area contributed by atoms with Crippen molar-refractivity contribution in [3.8, 4) is 0 Å². The van der Waals surface area contributed by atoms with Gasteiger partial charge in [0, 0.05) is 18.9 Å². The van der Waals surface area contributed by atoms with E-state index in [2.05, 4.69) is 0 Å². The van der Waals surface area contributed by atoms with Gasteiger partial charge >= 0.3 is 0 Å². The van der Waals surface area contributed by atoms with Crippen LogP contribution in [-0.4, -0.2) is 18.0 Å². The van der Waals surface area contributed by atoms with Crippen LogP contribution < -0.4 is 0 Å². The van der Waals surface area contributed by atoms with Crippen LogP contribution in [0.1, 0.15) is 64.2 Å². The number of hydrogen-bond donors (Lipinski definition) is 0. The van der Waals surface area contributed by atoms with E-state index in [-0.39, 0.29) is 5.60 Å². The van der Waals surface area contributed by atoms with Crippen molar-refractivity contribution in [1.29, 1.82) is 0 Å². The first-order valence-corrected chi connectivity index (χ1v) is 7.46. The molecule has 96 valence electrons. The predicted molar refractivity (Wildman–Crippen MR) is 66.8 cm³/mol. The molecule has 2 nitrogen and oxygen atoms in total. The molecule has 1 saturated heterocycles. The molecule has 3 aliphatic rings. The van der Waals surface area contributed by atoms with Crippen LogP contribution in [0.5, 0.6) is 0 Å². The van der Waals surface area contributed by atoms with E-state index >= 15 is 0 Å². The molecule has 0 aromatic carbocycles. The average molecular weight is 236 g/mol. The van der Waals surface area contributed by atoms with Gasteiger partial charge in [-0.15, -0.1) is 0 Å². The fraction of sp³-hybridized carbons (Fsp3) is 0.933. The van der Waals surface area contributed by atoms with E-state index in [1.54, 1.807) is 0 Å². The molecular formula is C15H24O2. The highest BCUT2D eigenvalue weighted by molar-refractivity contribution is 5.83. The molecule has 2 unspecified atom stereocenters. The summed E-state index contributed by atoms with van der Waals surface area (Å²) in [7, 11) is 0. The van der Waals surface area contributed by atoms with E-state index in [9.17, 15) is 4.79 Å². The lowest BCUT2D eigenvalue weighted by atomic mass is 9.72. The van der Waals surface area contributed by atoms with Crippen LogP contribution in [0.3, 0.4) is 0 Å². The van der Waals surface area contributed by atoms with E-state index in [1.807, 2.05) is 0 Å². The third-order valence-corrected chi connectivity index (χ3v) is 5.22. The molecule has 0 amide bonds. The van der Waals surface area contributed by atoms with E-state index in [0.29, 0.717) is 17.6 Å². The summed E-state index contributed by atoms with van der Waals surface area (Å²) in [6.07, 6.45) is 11.9. The van der Waals surface area contributed by atoms with Crippen LogP contribution in [0.15, 0.2) is 0 Å². The lowest BCUT2D eigenvalue weighted by Crippen LogP contribution is -2.43. The van der Waals surface area contributed by atoms with E-state index in [4.69, 9.17) is 4.74 Å². The molecule has 2 heteroatoms. The third-order valence-electron chi connectivity index (χ3n) is 5.22. The van der Waals surface area contributed by atoms with E-state index in [1.165, 1.54) is 38.5 Å². The van der Waals surface area contributed by atoms with Crippen LogP contribution in [0.4, 0.5) is 0 Å². The van der Waals surface area contributed by atoms with Crippen molar-refractivity contribution in [1.82, 2.24) is 0 Å². The lowest BCUT2D eigenvalue weighted by Gasteiger charge is -2.44. The minimum atomic E-state index is 0.171. The number of ether oxygens (including phenoxy) is 1. The maximum Gasteiger partial charge on any atom is 0.136 e. The van der Waals surface area contributed by atoms with Crippen molar-refractivity contribution in [3.63, 3.8) is 0 Å². The highest BCUT2D eigenvalue weighted by Crippen LogP contribution is 2.45. The maximum absolute atomic E-state index is 11.9. The van der Waals surface area contributed by atoms with Gasteiger partial charge in [0.1, 0.15) is 5.78 Å². The van der Waals surface area contributed by atoms with Gasteiger partial charge in [0.05, 0.1) is 5.60 Å². The molecule has 2 saturated carbocycles. The van der Waals surface area contributed by atoms with Gasteiger partial charge in [0.25, 0.3) is 0 Å². The third kappa shape index (κ3) is 2.29. The molecule has 0 N–H and O–H groups in total. The molecule has 3 fully saturated rings. The summed E-state index contributed by atoms with van der Waals surface area (Å²) in [4.78, 5) is 11.9. The largest absolute Gasteiger partial charge is 0.375 e. The molecule has 1 spiro atoms. The van der Waals surface area contributed by atoms with E-state index in [0.717, 1.165) is 32.3 Å². The fourth-order valence-electron chi connectivity index (χ4n) is 4.29. The Morgan fingerprint density at radius 1 is 1.06 bits per heavy atom. The van der Waals surface area contributed by atoms with Crippen molar-refractivity contribution in [2.45, 2.75) is 69.8 Å². The first-order valence-electron chi connectivity index (χ1n) is 7.46. The Morgan fingerprint density at radius 2 is 1.88 bits per heavy atom. The van der Waals surface area contributed by atoms with Gasteiger partial charge in [-0.05, 0) is 44.4 Å². The van der Waals surface area contributed by atoms with Gasteiger partial charge < -0.3 is 4.74 Å². The van der Waals surface area contributed by atoms with Crippen LogP contribution in [0.25, 0.3) is 0 Å². The number of hydrogen-bond acceptors (Lipinski definition) is 2. The van der Waals surface area contributed by atoms with Crippen LogP contribution >= 0.6 is 0 Å². The summed E-state index contributed by atoms with van der Waals surface area (Å²) in [5.41, 5.74) is 0.171. The van der Waals surface area contributed by atoms with Crippen molar-refractivity contribution < 1.29 is 9.53 Å². The normalized spacial score (nSPS) is 37.5. The van der Waals surface area contributed by atoms with Gasteiger partial charge in [-0.3, -0.25) is 4.79 Å². The lowest BCUT2D eigenvalue weighted by molar-refractivity contribution is -0.136. The number of Topliss-reactive ketones (excluding diaryl/α,β-unsaturated/α-hetero) is 1. The number of rotatable bonds is 1. The van der Waals surface area contributed by atoms with Crippen molar-refractivity contribution >= 4 is 5.78 Å². The molecule has 3 rings (SSSR count). The Labute approximate surface area is 104 Å². The molecule has 1 aliphatic heterocycles. The van der Waals surface area contributed by atoms with Crippen LogP contribution in [-0.2, 0) is 9.53 Å². The summed E-state index contributed by atoms with van der Waals surface area (Å²) in [6.45, 7) is 0.897. The van der Waals surface area contributed by atoms with Gasteiger partial charge in [0.2, 0.25) is 0 Å². The Hall–Kier alpha value is -0.370. The molecule has 0 aromatic heterocycles. The SMILES string of the molecule is O=C1CCCC1C1CCOC2(CCCCC2)C1. The zero-order chi connectivity index (χ0) is 11.7. The first-order chi connectivity index (χ1) is 8.29. The van der Waals surface area contributed by atoms with Crippen LogP contribution in [0.2, 0.25) is 0 Å². The topological polar surface area (TPSA) is 26.3 Å². The van der Waals surface area contributed by atoms with Gasteiger partial charge in [-0.1, -0.05) is 19.3 Å². The highest BCUT2D eigenvalue weighted by atomic mass is 16.5. The number of carbonyl (C=O) groups is 1. The molecule has 2 atom stereocenters. The molecule has 2 aliphatic carbocycles. The standard InChI is InChI=1S/C15H24O2/c16-14-6-4-5-13(14)12-7-10-17-15(11-12)8-2-1-3-9-15/h12-13H,1-11H2. The zero-order valence-electron chi connectivity index (χ0n) is 10.7. The summed E-state index contributed by atoms with van der Waals surface area (Å²) in [5.74, 6) is 1.57. The Bertz CT molecular complexity index is 286. The summed E-state index contributed by atoms with van der Waals surface area (Å²) in [5, 5.41) is 0. The van der Waals surface area contributed by atoms with Crippen molar-refractivity contribution in [2.24, 2.45) is 11.8 Å². The van der Waals surface area contributed by atoms with Crippen molar-refractivity contribution in [3.05, 3.63) is 0 Å². The minimum Gasteiger partial charge on any atom is -0.375 e. The highest BCUT2D eigenvalue weighted by Gasteiger charge is 2.43. The summed E-state index contributed by atoms with van der Waals surface area (Å²) >= 11 is 0. The first kappa shape index (κ1) is 11.7. The smallest absolute Gasteiger partial charge is 0.136 e. The fourth-order valence-corrected chi connectivity index (χ4v) is 4.29.